The summed E-state index contributed by atoms with van der Waals surface area (Å²) in [5, 5.41) is 22.5. The van der Waals surface area contributed by atoms with Crippen LogP contribution >= 0.6 is 0 Å². The molecule has 0 aliphatic carbocycles. The molecule has 0 amide bonds. The molecule has 2 N–H and O–H groups in total. The summed E-state index contributed by atoms with van der Waals surface area (Å²) in [6.07, 6.45) is 1.10. The highest BCUT2D eigenvalue weighted by molar-refractivity contribution is 6.02. The van der Waals surface area contributed by atoms with Crippen molar-refractivity contribution in [1.82, 2.24) is 0 Å². The van der Waals surface area contributed by atoms with Crippen molar-refractivity contribution in [1.29, 1.82) is 0 Å². The minimum Gasteiger partial charge on any atom is -0.411 e. The van der Waals surface area contributed by atoms with Gasteiger partial charge in [0.2, 0.25) is 0 Å². The van der Waals surface area contributed by atoms with Gasteiger partial charge < -0.3 is 10.4 Å². The van der Waals surface area contributed by atoms with E-state index in [1.807, 2.05) is 6.92 Å². The number of oxime groups is 2. The third kappa shape index (κ3) is 3.06. The van der Waals surface area contributed by atoms with E-state index in [0.29, 0.717) is 24.3 Å². The molecule has 0 heterocycles. The lowest BCUT2D eigenvalue weighted by atomic mass is 10.1. The van der Waals surface area contributed by atoms with E-state index in [1.54, 1.807) is 6.92 Å². The Hall–Kier alpha value is -1.06. The molecule has 0 saturated carbocycles. The van der Waals surface area contributed by atoms with Crippen molar-refractivity contribution in [3.8, 4) is 0 Å². The largest absolute Gasteiger partial charge is 0.411 e. The van der Waals surface area contributed by atoms with Gasteiger partial charge in [-0.25, -0.2) is 0 Å². The molecule has 0 aliphatic rings. The first-order chi connectivity index (χ1) is 4.74. The Bertz CT molecular complexity index is 152. The number of hydrogen-bond donors (Lipinski definition) is 2. The van der Waals surface area contributed by atoms with Crippen LogP contribution in [0.2, 0.25) is 0 Å². The van der Waals surface area contributed by atoms with E-state index in [-0.39, 0.29) is 0 Å². The van der Waals surface area contributed by atoms with Crippen LogP contribution in [0, 0.1) is 0 Å². The van der Waals surface area contributed by atoms with E-state index in [9.17, 15) is 0 Å². The summed E-state index contributed by atoms with van der Waals surface area (Å²) in [6.45, 7) is 3.54. The molecule has 10 heavy (non-hydrogen) atoms. The molecule has 4 nitrogen and oxygen atoms in total. The summed E-state index contributed by atoms with van der Waals surface area (Å²) < 4.78 is 0. The molecule has 0 aliphatic heterocycles. The maximum atomic E-state index is 8.32. The van der Waals surface area contributed by atoms with Crippen LogP contribution in [0.4, 0.5) is 0 Å². The zero-order valence-electron chi connectivity index (χ0n) is 6.20. The van der Waals surface area contributed by atoms with Crippen LogP contribution in [0.1, 0.15) is 26.7 Å². The van der Waals surface area contributed by atoms with Crippen LogP contribution in [0.3, 0.4) is 0 Å². The quantitative estimate of drug-likeness (QED) is 0.358. The Morgan fingerprint density at radius 2 is 1.90 bits per heavy atom. The van der Waals surface area contributed by atoms with Gasteiger partial charge in [-0.1, -0.05) is 17.2 Å². The summed E-state index contributed by atoms with van der Waals surface area (Å²) in [5.41, 5.74) is 1.17. The van der Waals surface area contributed by atoms with Crippen LogP contribution in [-0.2, 0) is 0 Å². The Labute approximate surface area is 59.9 Å². The van der Waals surface area contributed by atoms with Crippen LogP contribution in [-0.4, -0.2) is 21.8 Å². The zero-order valence-corrected chi connectivity index (χ0v) is 6.20. The van der Waals surface area contributed by atoms with Crippen molar-refractivity contribution in [2.45, 2.75) is 26.7 Å². The first-order valence-electron chi connectivity index (χ1n) is 3.11. The SMILES string of the molecule is CC/C(C/C(C)=N/O)=N\O. The van der Waals surface area contributed by atoms with E-state index >= 15 is 0 Å². The van der Waals surface area contributed by atoms with Crippen molar-refractivity contribution in [3.05, 3.63) is 0 Å². The average molecular weight is 144 g/mol. The van der Waals surface area contributed by atoms with Crippen molar-refractivity contribution in [2.75, 3.05) is 0 Å². The van der Waals surface area contributed by atoms with E-state index in [2.05, 4.69) is 10.3 Å². The molecule has 0 radical (unpaired) electrons. The minimum atomic E-state index is 0.434. The van der Waals surface area contributed by atoms with Crippen LogP contribution in [0.5, 0.6) is 0 Å². The van der Waals surface area contributed by atoms with Gasteiger partial charge in [-0.2, -0.15) is 0 Å². The van der Waals surface area contributed by atoms with Gasteiger partial charge in [-0.3, -0.25) is 0 Å². The van der Waals surface area contributed by atoms with Crippen molar-refractivity contribution < 1.29 is 10.4 Å². The molecule has 0 atom stereocenters. The molecule has 0 bridgehead atoms. The molecule has 0 saturated heterocycles. The minimum absolute atomic E-state index is 0.434. The number of hydrogen-bond acceptors (Lipinski definition) is 4. The number of rotatable bonds is 3. The summed E-state index contributed by atoms with van der Waals surface area (Å²) in [6, 6.07) is 0. The topological polar surface area (TPSA) is 65.2 Å². The highest BCUT2D eigenvalue weighted by atomic mass is 16.4. The van der Waals surface area contributed by atoms with Crippen molar-refractivity contribution in [2.24, 2.45) is 10.3 Å². The fraction of sp³-hybridized carbons (Fsp3) is 0.667. The molecule has 0 aromatic rings. The van der Waals surface area contributed by atoms with Crippen molar-refractivity contribution >= 4 is 11.4 Å². The predicted molar refractivity (Wildman–Crippen MR) is 39.0 cm³/mol. The van der Waals surface area contributed by atoms with Crippen molar-refractivity contribution in [3.63, 3.8) is 0 Å². The third-order valence-electron chi connectivity index (χ3n) is 1.18. The van der Waals surface area contributed by atoms with Gasteiger partial charge in [0.05, 0.1) is 11.4 Å². The van der Waals surface area contributed by atoms with E-state index in [1.165, 1.54) is 0 Å². The Morgan fingerprint density at radius 3 is 2.20 bits per heavy atom. The van der Waals surface area contributed by atoms with E-state index in [4.69, 9.17) is 10.4 Å². The van der Waals surface area contributed by atoms with Crippen LogP contribution in [0.15, 0.2) is 10.3 Å². The standard InChI is InChI=1S/C6H12N2O2/c1-3-6(8-10)4-5(2)7-9/h9-10H,3-4H2,1-2H3/b7-5+,8-6+. The maximum Gasteiger partial charge on any atom is 0.0625 e. The molecule has 58 valence electrons. The van der Waals surface area contributed by atoms with E-state index in [0.717, 1.165) is 0 Å². The normalized spacial score (nSPS) is 13.8. The van der Waals surface area contributed by atoms with Gasteiger partial charge in [0, 0.05) is 6.42 Å². The average Bonchev–Trinajstić information content (AvgIpc) is 1.99. The molecule has 4 heteroatoms. The first kappa shape index (κ1) is 8.94. The van der Waals surface area contributed by atoms with Gasteiger partial charge in [-0.05, 0) is 13.3 Å². The van der Waals surface area contributed by atoms with Gasteiger partial charge in [-0.15, -0.1) is 0 Å². The fourth-order valence-corrected chi connectivity index (χ4v) is 0.562. The van der Waals surface area contributed by atoms with Crippen LogP contribution < -0.4 is 0 Å². The third-order valence-corrected chi connectivity index (χ3v) is 1.18. The maximum absolute atomic E-state index is 8.32. The Balaban J connectivity index is 3.88. The monoisotopic (exact) mass is 144 g/mol. The highest BCUT2D eigenvalue weighted by Gasteiger charge is 1.98. The lowest BCUT2D eigenvalue weighted by Crippen LogP contribution is -2.03. The molecule has 0 unspecified atom stereocenters. The van der Waals surface area contributed by atoms with Gasteiger partial charge >= 0.3 is 0 Å². The number of nitrogens with zero attached hydrogens (tertiary/aromatic N) is 2. The first-order valence-corrected chi connectivity index (χ1v) is 3.11. The van der Waals surface area contributed by atoms with E-state index < -0.39 is 0 Å². The molecule has 0 rings (SSSR count). The highest BCUT2D eigenvalue weighted by Crippen LogP contribution is 1.94. The smallest absolute Gasteiger partial charge is 0.0625 e. The zero-order chi connectivity index (χ0) is 7.98. The van der Waals surface area contributed by atoms with Crippen LogP contribution in [0.25, 0.3) is 0 Å². The molecule has 0 aromatic carbocycles. The van der Waals surface area contributed by atoms with Gasteiger partial charge in [0.15, 0.2) is 0 Å². The molecule has 0 aromatic heterocycles. The molecular formula is C6H12N2O2. The summed E-state index contributed by atoms with van der Waals surface area (Å²) in [7, 11) is 0. The van der Waals surface area contributed by atoms with Gasteiger partial charge in [0.1, 0.15) is 0 Å². The second kappa shape index (κ2) is 4.78. The predicted octanol–water partition coefficient (Wildman–Crippen LogP) is 1.47. The Morgan fingerprint density at radius 1 is 1.30 bits per heavy atom. The summed E-state index contributed by atoms with van der Waals surface area (Å²) >= 11 is 0. The lowest BCUT2D eigenvalue weighted by Gasteiger charge is -1.96. The fourth-order valence-electron chi connectivity index (χ4n) is 0.562. The lowest BCUT2D eigenvalue weighted by molar-refractivity contribution is 0.314. The second-order valence-corrected chi connectivity index (χ2v) is 2.03. The summed E-state index contributed by atoms with van der Waals surface area (Å²) in [5.74, 6) is 0. The second-order valence-electron chi connectivity index (χ2n) is 2.03. The molecule has 0 spiro atoms. The summed E-state index contributed by atoms with van der Waals surface area (Å²) in [4.78, 5) is 0. The molecule has 0 fully saturated rings. The Kier molecular flexibility index (Phi) is 4.28. The van der Waals surface area contributed by atoms with Gasteiger partial charge in [0.25, 0.3) is 0 Å². The molecular weight excluding hydrogens is 132 g/mol.